The van der Waals surface area contributed by atoms with E-state index in [4.69, 9.17) is 16.3 Å². The topological polar surface area (TPSA) is 70.6 Å². The Morgan fingerprint density at radius 3 is 2.68 bits per heavy atom. The minimum atomic E-state index is -0.862. The van der Waals surface area contributed by atoms with Gasteiger partial charge < -0.3 is 20.5 Å². The molecule has 8 heteroatoms. The van der Waals surface area contributed by atoms with E-state index in [0.29, 0.717) is 11.1 Å². The number of amides is 1. The van der Waals surface area contributed by atoms with Crippen molar-refractivity contribution in [2.75, 3.05) is 18.5 Å². The first kappa shape index (κ1) is 23.3. The summed E-state index contributed by atoms with van der Waals surface area (Å²) in [6, 6.07) is 17.8. The second kappa shape index (κ2) is 10.0. The molecule has 0 saturated carbocycles. The lowest BCUT2D eigenvalue weighted by atomic mass is 9.79. The van der Waals surface area contributed by atoms with E-state index in [9.17, 15) is 9.90 Å². The SMILES string of the molecule is O=C1NC(c2ccsc2)(c2cccc(NC3CCOCC3)c2)CC(O)=C1Sc1ccccc1Cl. The van der Waals surface area contributed by atoms with E-state index < -0.39 is 5.54 Å². The number of halogens is 1. The summed E-state index contributed by atoms with van der Waals surface area (Å²) in [5, 5.41) is 22.6. The first-order valence-corrected chi connectivity index (χ1v) is 13.3. The smallest absolute Gasteiger partial charge is 0.262 e. The van der Waals surface area contributed by atoms with Gasteiger partial charge in [0.25, 0.3) is 5.91 Å². The molecule has 0 spiro atoms. The van der Waals surface area contributed by atoms with Gasteiger partial charge in [-0.1, -0.05) is 47.6 Å². The quantitative estimate of drug-likeness (QED) is 0.360. The second-order valence-electron chi connectivity index (χ2n) is 8.47. The molecule has 5 rings (SSSR count). The first-order chi connectivity index (χ1) is 16.5. The van der Waals surface area contributed by atoms with Crippen LogP contribution < -0.4 is 10.6 Å². The molecule has 3 heterocycles. The molecule has 1 saturated heterocycles. The molecule has 0 radical (unpaired) electrons. The largest absolute Gasteiger partial charge is 0.511 e. The van der Waals surface area contributed by atoms with Crippen LogP contribution in [-0.2, 0) is 15.1 Å². The molecular weight excluding hydrogens is 488 g/mol. The summed E-state index contributed by atoms with van der Waals surface area (Å²) < 4.78 is 5.48. The van der Waals surface area contributed by atoms with Gasteiger partial charge in [-0.2, -0.15) is 11.3 Å². The lowest BCUT2D eigenvalue weighted by Crippen LogP contribution is -2.50. The van der Waals surface area contributed by atoms with Crippen LogP contribution in [0.4, 0.5) is 5.69 Å². The zero-order chi connectivity index (χ0) is 23.5. The highest BCUT2D eigenvalue weighted by Crippen LogP contribution is 2.44. The van der Waals surface area contributed by atoms with Gasteiger partial charge in [-0.15, -0.1) is 0 Å². The highest BCUT2D eigenvalue weighted by molar-refractivity contribution is 8.04. The summed E-state index contributed by atoms with van der Waals surface area (Å²) in [6.45, 7) is 1.52. The summed E-state index contributed by atoms with van der Waals surface area (Å²) >= 11 is 9.06. The predicted molar refractivity (Wildman–Crippen MR) is 139 cm³/mol. The molecule has 3 N–H and O–H groups in total. The van der Waals surface area contributed by atoms with Gasteiger partial charge in [0, 0.05) is 36.3 Å². The third-order valence-corrected chi connectivity index (χ3v) is 8.56. The van der Waals surface area contributed by atoms with E-state index in [2.05, 4.69) is 16.7 Å². The fraction of sp³-hybridized carbons (Fsp3) is 0.269. The molecule has 2 aromatic carbocycles. The number of hydrogen-bond acceptors (Lipinski definition) is 6. The van der Waals surface area contributed by atoms with Crippen LogP contribution in [0.15, 0.2) is 80.9 Å². The van der Waals surface area contributed by atoms with E-state index >= 15 is 0 Å². The van der Waals surface area contributed by atoms with Crippen LogP contribution in [0.2, 0.25) is 5.02 Å². The van der Waals surface area contributed by atoms with Crippen LogP contribution in [0.1, 0.15) is 30.4 Å². The van der Waals surface area contributed by atoms with Gasteiger partial charge in [0.15, 0.2) is 0 Å². The fourth-order valence-corrected chi connectivity index (χ4v) is 6.32. The van der Waals surface area contributed by atoms with Gasteiger partial charge in [0.05, 0.1) is 10.6 Å². The van der Waals surface area contributed by atoms with Crippen LogP contribution in [0.3, 0.4) is 0 Å². The maximum absolute atomic E-state index is 13.4. The second-order valence-corrected chi connectivity index (χ2v) is 10.7. The molecule has 2 aliphatic heterocycles. The van der Waals surface area contributed by atoms with Gasteiger partial charge in [0.1, 0.15) is 10.7 Å². The minimum Gasteiger partial charge on any atom is -0.511 e. The molecule has 1 unspecified atom stereocenters. The Morgan fingerprint density at radius 1 is 1.12 bits per heavy atom. The third kappa shape index (κ3) is 4.70. The predicted octanol–water partition coefficient (Wildman–Crippen LogP) is 6.32. The number of aliphatic hydroxyl groups excluding tert-OH is 1. The Bertz CT molecular complexity index is 1210. The number of thiophene rings is 1. The van der Waals surface area contributed by atoms with Crippen molar-refractivity contribution < 1.29 is 14.6 Å². The third-order valence-electron chi connectivity index (χ3n) is 6.24. The van der Waals surface area contributed by atoms with Crippen LogP contribution >= 0.6 is 34.7 Å². The molecule has 3 aromatic rings. The molecule has 0 aliphatic carbocycles. The maximum atomic E-state index is 13.4. The van der Waals surface area contributed by atoms with E-state index in [1.165, 1.54) is 11.8 Å². The number of hydrogen-bond donors (Lipinski definition) is 3. The molecule has 2 aliphatic rings. The molecule has 5 nitrogen and oxygen atoms in total. The Hall–Kier alpha value is -2.45. The zero-order valence-electron chi connectivity index (χ0n) is 18.4. The van der Waals surface area contributed by atoms with Crippen molar-refractivity contribution in [1.29, 1.82) is 0 Å². The minimum absolute atomic E-state index is 0.0580. The maximum Gasteiger partial charge on any atom is 0.262 e. The van der Waals surface area contributed by atoms with E-state index in [0.717, 1.165) is 47.8 Å². The normalized spacial score (nSPS) is 21.4. The number of carbonyl (C=O) groups excluding carboxylic acids is 1. The average molecular weight is 513 g/mol. The van der Waals surface area contributed by atoms with Crippen LogP contribution in [-0.4, -0.2) is 30.3 Å². The molecule has 1 amide bonds. The fourth-order valence-electron chi connectivity index (χ4n) is 4.47. The number of benzene rings is 2. The number of thioether (sulfide) groups is 1. The summed E-state index contributed by atoms with van der Waals surface area (Å²) in [5.74, 6) is -0.259. The molecule has 1 atom stereocenters. The number of rotatable bonds is 6. The first-order valence-electron chi connectivity index (χ1n) is 11.2. The van der Waals surface area contributed by atoms with E-state index in [-0.39, 0.29) is 23.0 Å². The van der Waals surface area contributed by atoms with Gasteiger partial charge >= 0.3 is 0 Å². The van der Waals surface area contributed by atoms with Gasteiger partial charge in [-0.3, -0.25) is 4.79 Å². The summed E-state index contributed by atoms with van der Waals surface area (Å²) in [6.07, 6.45) is 2.18. The molecule has 0 bridgehead atoms. The van der Waals surface area contributed by atoms with Crippen LogP contribution in [0, 0.1) is 0 Å². The molecule has 1 aromatic heterocycles. The van der Waals surface area contributed by atoms with Gasteiger partial charge in [-0.25, -0.2) is 0 Å². The zero-order valence-corrected chi connectivity index (χ0v) is 20.8. The van der Waals surface area contributed by atoms with Crippen molar-refractivity contribution in [3.05, 3.63) is 92.2 Å². The lowest BCUT2D eigenvalue weighted by Gasteiger charge is -2.39. The van der Waals surface area contributed by atoms with Crippen LogP contribution in [0.5, 0.6) is 0 Å². The average Bonchev–Trinajstić information content (AvgIpc) is 3.39. The van der Waals surface area contributed by atoms with Gasteiger partial charge in [-0.05, 0) is 65.1 Å². The van der Waals surface area contributed by atoms with Crippen LogP contribution in [0.25, 0.3) is 0 Å². The Morgan fingerprint density at radius 2 is 1.94 bits per heavy atom. The Kier molecular flexibility index (Phi) is 6.88. The van der Waals surface area contributed by atoms with E-state index in [1.807, 2.05) is 53.2 Å². The molecular formula is C26H25ClN2O3S2. The Labute approximate surface area is 212 Å². The van der Waals surface area contributed by atoms with Crippen molar-refractivity contribution in [2.24, 2.45) is 0 Å². The monoisotopic (exact) mass is 512 g/mol. The standard InChI is InChI=1S/C26H25ClN2O3S2/c27-21-6-1-2-7-23(21)34-24-22(30)15-26(29-25(24)31,18-10-13-33-16-18)17-4-3-5-20(14-17)28-19-8-11-32-12-9-19/h1-7,10,13-14,16,19,28,30H,8-9,11-12,15H2,(H,29,31). The summed E-state index contributed by atoms with van der Waals surface area (Å²) in [7, 11) is 0. The van der Waals surface area contributed by atoms with Crippen molar-refractivity contribution in [3.8, 4) is 0 Å². The Balaban J connectivity index is 1.50. The van der Waals surface area contributed by atoms with Gasteiger partial charge in [0.2, 0.25) is 0 Å². The van der Waals surface area contributed by atoms with Crippen molar-refractivity contribution >= 4 is 46.3 Å². The summed E-state index contributed by atoms with van der Waals surface area (Å²) in [4.78, 5) is 14.4. The van der Waals surface area contributed by atoms with Crippen molar-refractivity contribution in [3.63, 3.8) is 0 Å². The number of anilines is 1. The molecule has 1 fully saturated rings. The number of carbonyl (C=O) groups is 1. The van der Waals surface area contributed by atoms with Crippen molar-refractivity contribution in [2.45, 2.75) is 35.7 Å². The highest BCUT2D eigenvalue weighted by atomic mass is 35.5. The molecule has 176 valence electrons. The number of ether oxygens (including phenoxy) is 1. The molecule has 34 heavy (non-hydrogen) atoms. The number of nitrogens with one attached hydrogen (secondary N) is 2. The van der Waals surface area contributed by atoms with Crippen molar-refractivity contribution in [1.82, 2.24) is 5.32 Å². The lowest BCUT2D eigenvalue weighted by molar-refractivity contribution is -0.119. The number of aliphatic hydroxyl groups is 1. The summed E-state index contributed by atoms with van der Waals surface area (Å²) in [5.41, 5.74) is 2.00. The highest BCUT2D eigenvalue weighted by Gasteiger charge is 2.43. The van der Waals surface area contributed by atoms with E-state index in [1.54, 1.807) is 17.4 Å².